The molecule has 0 bridgehead atoms. The molecule has 5 nitrogen and oxygen atoms in total. The summed E-state index contributed by atoms with van der Waals surface area (Å²) in [6.45, 7) is 7.11. The number of benzene rings is 1. The van der Waals surface area contributed by atoms with Crippen molar-refractivity contribution in [3.8, 4) is 5.75 Å². The van der Waals surface area contributed by atoms with Gasteiger partial charge in [-0.15, -0.1) is 0 Å². The lowest BCUT2D eigenvalue weighted by Crippen LogP contribution is -2.35. The molecule has 106 valence electrons. The van der Waals surface area contributed by atoms with Gasteiger partial charge in [0.25, 0.3) is 5.69 Å². The zero-order valence-electron chi connectivity index (χ0n) is 12.0. The Morgan fingerprint density at radius 1 is 1.42 bits per heavy atom. The highest BCUT2D eigenvalue weighted by atomic mass is 16.6. The van der Waals surface area contributed by atoms with Crippen molar-refractivity contribution in [3.63, 3.8) is 0 Å². The van der Waals surface area contributed by atoms with Gasteiger partial charge in [0.05, 0.1) is 12.0 Å². The van der Waals surface area contributed by atoms with E-state index in [4.69, 9.17) is 4.74 Å². The van der Waals surface area contributed by atoms with Crippen molar-refractivity contribution in [1.82, 2.24) is 5.32 Å². The summed E-state index contributed by atoms with van der Waals surface area (Å²) in [5, 5.41) is 14.4. The number of hydrogen-bond donors (Lipinski definition) is 1. The summed E-state index contributed by atoms with van der Waals surface area (Å²) in [6, 6.07) is 5.11. The van der Waals surface area contributed by atoms with Gasteiger partial charge in [0.15, 0.2) is 0 Å². The molecule has 0 fully saturated rings. The molecule has 0 aliphatic carbocycles. The van der Waals surface area contributed by atoms with Crippen LogP contribution in [0.4, 0.5) is 5.69 Å². The number of nitrogens with zero attached hydrogens (tertiary/aromatic N) is 1. The van der Waals surface area contributed by atoms with Gasteiger partial charge in [0.2, 0.25) is 0 Å². The molecule has 1 aromatic rings. The van der Waals surface area contributed by atoms with Crippen LogP contribution in [0.1, 0.15) is 26.3 Å². The Bertz CT molecular complexity index is 433. The molecule has 1 aromatic carbocycles. The van der Waals surface area contributed by atoms with Gasteiger partial charge in [-0.2, -0.15) is 0 Å². The first kappa shape index (κ1) is 15.4. The second-order valence-electron chi connectivity index (χ2n) is 4.86. The van der Waals surface area contributed by atoms with Crippen LogP contribution in [-0.4, -0.2) is 24.6 Å². The van der Waals surface area contributed by atoms with E-state index >= 15 is 0 Å². The van der Waals surface area contributed by atoms with Crippen molar-refractivity contribution in [2.45, 2.75) is 33.2 Å². The van der Waals surface area contributed by atoms with E-state index in [1.807, 2.05) is 6.92 Å². The molecule has 1 rings (SSSR count). The van der Waals surface area contributed by atoms with Gasteiger partial charge in [0, 0.05) is 17.7 Å². The number of nitro groups is 1. The monoisotopic (exact) mass is 266 g/mol. The highest BCUT2D eigenvalue weighted by molar-refractivity contribution is 5.45. The third kappa shape index (κ3) is 4.21. The lowest BCUT2D eigenvalue weighted by Gasteiger charge is -2.21. The Morgan fingerprint density at radius 2 is 2.11 bits per heavy atom. The number of ether oxygens (including phenoxy) is 1. The van der Waals surface area contributed by atoms with E-state index in [1.165, 1.54) is 6.07 Å². The minimum absolute atomic E-state index is 0.157. The van der Waals surface area contributed by atoms with E-state index in [0.717, 1.165) is 6.54 Å². The molecule has 1 unspecified atom stereocenters. The van der Waals surface area contributed by atoms with E-state index in [-0.39, 0.29) is 16.7 Å². The Hall–Kier alpha value is -1.62. The van der Waals surface area contributed by atoms with Crippen molar-refractivity contribution >= 4 is 5.69 Å². The van der Waals surface area contributed by atoms with E-state index < -0.39 is 0 Å². The maximum absolute atomic E-state index is 11.1. The van der Waals surface area contributed by atoms with Crippen molar-refractivity contribution in [3.05, 3.63) is 33.9 Å². The van der Waals surface area contributed by atoms with Gasteiger partial charge in [-0.05, 0) is 31.0 Å². The van der Waals surface area contributed by atoms with Crippen LogP contribution in [0.2, 0.25) is 0 Å². The van der Waals surface area contributed by atoms with Crippen molar-refractivity contribution in [1.29, 1.82) is 0 Å². The number of methoxy groups -OCH3 is 1. The molecule has 5 heteroatoms. The number of nitro benzene ring substituents is 1. The minimum atomic E-state index is -0.335. The quantitative estimate of drug-likeness (QED) is 0.609. The van der Waals surface area contributed by atoms with E-state index in [9.17, 15) is 10.1 Å². The van der Waals surface area contributed by atoms with Gasteiger partial charge >= 0.3 is 0 Å². The van der Waals surface area contributed by atoms with Gasteiger partial charge in [-0.3, -0.25) is 10.1 Å². The summed E-state index contributed by atoms with van der Waals surface area (Å²) in [5.41, 5.74) is 0.869. The molecule has 0 aliphatic rings. The van der Waals surface area contributed by atoms with Crippen molar-refractivity contribution < 1.29 is 9.66 Å². The molecular formula is C14H22N2O3. The fourth-order valence-corrected chi connectivity index (χ4v) is 2.07. The SMILES string of the molecule is CCNC(Cc1cc(OC)ccc1[N+](=O)[O-])C(C)C. The zero-order chi connectivity index (χ0) is 14.4. The largest absolute Gasteiger partial charge is 0.497 e. The predicted molar refractivity (Wildman–Crippen MR) is 75.7 cm³/mol. The van der Waals surface area contributed by atoms with Crippen LogP contribution in [0.3, 0.4) is 0 Å². The fraction of sp³-hybridized carbons (Fsp3) is 0.571. The molecule has 1 atom stereocenters. The summed E-state index contributed by atoms with van der Waals surface area (Å²) in [7, 11) is 1.56. The zero-order valence-corrected chi connectivity index (χ0v) is 12.0. The van der Waals surface area contributed by atoms with Gasteiger partial charge in [0.1, 0.15) is 5.75 Å². The molecule has 0 aromatic heterocycles. The highest BCUT2D eigenvalue weighted by Gasteiger charge is 2.20. The summed E-state index contributed by atoms with van der Waals surface area (Å²) in [6.07, 6.45) is 0.624. The third-order valence-corrected chi connectivity index (χ3v) is 3.19. The first-order valence-electron chi connectivity index (χ1n) is 6.54. The Kier molecular flexibility index (Phi) is 5.76. The lowest BCUT2D eigenvalue weighted by molar-refractivity contribution is -0.385. The molecule has 0 amide bonds. The molecule has 0 aliphatic heterocycles. The Morgan fingerprint density at radius 3 is 2.58 bits per heavy atom. The Balaban J connectivity index is 3.04. The summed E-state index contributed by atoms with van der Waals surface area (Å²) in [4.78, 5) is 10.7. The second kappa shape index (κ2) is 7.09. The van der Waals surface area contributed by atoms with Crippen molar-refractivity contribution in [2.75, 3.05) is 13.7 Å². The maximum Gasteiger partial charge on any atom is 0.272 e. The number of nitrogens with one attached hydrogen (secondary N) is 1. The summed E-state index contributed by atoms with van der Waals surface area (Å²) < 4.78 is 5.15. The Labute approximate surface area is 114 Å². The van der Waals surface area contributed by atoms with E-state index in [2.05, 4.69) is 19.2 Å². The van der Waals surface area contributed by atoms with E-state index in [1.54, 1.807) is 19.2 Å². The van der Waals surface area contributed by atoms with Crippen LogP contribution in [0.5, 0.6) is 5.75 Å². The molecule has 0 saturated heterocycles. The van der Waals surface area contributed by atoms with Gasteiger partial charge in [-0.25, -0.2) is 0 Å². The first-order chi connectivity index (χ1) is 8.99. The lowest BCUT2D eigenvalue weighted by atomic mass is 9.95. The van der Waals surface area contributed by atoms with Crippen LogP contribution in [0.15, 0.2) is 18.2 Å². The molecule has 0 spiro atoms. The molecule has 19 heavy (non-hydrogen) atoms. The summed E-state index contributed by atoms with van der Waals surface area (Å²) >= 11 is 0. The normalized spacial score (nSPS) is 12.5. The van der Waals surface area contributed by atoms with Crippen LogP contribution in [-0.2, 0) is 6.42 Å². The van der Waals surface area contributed by atoms with Crippen LogP contribution in [0, 0.1) is 16.0 Å². The molecule has 1 N–H and O–H groups in total. The van der Waals surface area contributed by atoms with Gasteiger partial charge < -0.3 is 10.1 Å². The van der Waals surface area contributed by atoms with Crippen LogP contribution < -0.4 is 10.1 Å². The van der Waals surface area contributed by atoms with Crippen LogP contribution in [0.25, 0.3) is 0 Å². The number of hydrogen-bond acceptors (Lipinski definition) is 4. The maximum atomic E-state index is 11.1. The summed E-state index contributed by atoms with van der Waals surface area (Å²) in [5.74, 6) is 1.06. The third-order valence-electron chi connectivity index (χ3n) is 3.19. The molecular weight excluding hydrogens is 244 g/mol. The number of likely N-dealkylation sites (N-methyl/N-ethyl adjacent to an activating group) is 1. The second-order valence-corrected chi connectivity index (χ2v) is 4.86. The van der Waals surface area contributed by atoms with Gasteiger partial charge in [-0.1, -0.05) is 20.8 Å². The van der Waals surface area contributed by atoms with E-state index in [0.29, 0.717) is 23.7 Å². The van der Waals surface area contributed by atoms with Crippen LogP contribution >= 0.6 is 0 Å². The fourth-order valence-electron chi connectivity index (χ4n) is 2.07. The average Bonchev–Trinajstić information content (AvgIpc) is 2.37. The first-order valence-corrected chi connectivity index (χ1v) is 6.54. The minimum Gasteiger partial charge on any atom is -0.497 e. The molecule has 0 saturated carbocycles. The topological polar surface area (TPSA) is 64.4 Å². The number of rotatable bonds is 7. The molecule has 0 radical (unpaired) electrons. The smallest absolute Gasteiger partial charge is 0.272 e. The van der Waals surface area contributed by atoms with Crippen molar-refractivity contribution in [2.24, 2.45) is 5.92 Å². The standard InChI is InChI=1S/C14H22N2O3/c1-5-15-13(10(2)3)9-11-8-12(19-4)6-7-14(11)16(17)18/h6-8,10,13,15H,5,9H2,1-4H3. The highest BCUT2D eigenvalue weighted by Crippen LogP contribution is 2.26. The predicted octanol–water partition coefficient (Wildman–Crippen LogP) is 2.78. The molecule has 0 heterocycles. The average molecular weight is 266 g/mol.